The molecule has 0 spiro atoms. The van der Waals surface area contributed by atoms with Crippen molar-refractivity contribution in [2.24, 2.45) is 5.92 Å². The summed E-state index contributed by atoms with van der Waals surface area (Å²) < 4.78 is 29.3. The smallest absolute Gasteiger partial charge is 0.254 e. The highest BCUT2D eigenvalue weighted by Crippen LogP contribution is 2.40. The average molecular weight is 551 g/mol. The maximum Gasteiger partial charge on any atom is 0.254 e. The van der Waals surface area contributed by atoms with E-state index in [1.54, 1.807) is 18.2 Å². The normalized spacial score (nSPS) is 20.9. The van der Waals surface area contributed by atoms with Crippen LogP contribution in [0, 0.1) is 17.6 Å². The summed E-state index contributed by atoms with van der Waals surface area (Å²) in [6, 6.07) is 10.3. The van der Waals surface area contributed by atoms with E-state index in [0.717, 1.165) is 38.3 Å². The molecule has 0 aromatic heterocycles. The minimum absolute atomic E-state index is 0.0446. The van der Waals surface area contributed by atoms with Gasteiger partial charge in [0.25, 0.3) is 5.91 Å². The number of rotatable bonds is 8. The zero-order valence-electron chi connectivity index (χ0n) is 24.0. The molecule has 2 aromatic rings. The van der Waals surface area contributed by atoms with Gasteiger partial charge in [0.15, 0.2) is 0 Å². The van der Waals surface area contributed by atoms with Gasteiger partial charge in [-0.25, -0.2) is 8.78 Å². The molecule has 1 saturated heterocycles. The fourth-order valence-electron chi connectivity index (χ4n) is 6.05. The molecule has 6 nitrogen and oxygen atoms in total. The Morgan fingerprint density at radius 2 is 1.77 bits per heavy atom. The molecule has 2 heterocycles. The van der Waals surface area contributed by atoms with Gasteiger partial charge in [-0.15, -0.1) is 0 Å². The van der Waals surface area contributed by atoms with Gasteiger partial charge in [-0.1, -0.05) is 31.2 Å². The van der Waals surface area contributed by atoms with Crippen LogP contribution in [-0.2, 0) is 16.1 Å². The summed E-state index contributed by atoms with van der Waals surface area (Å²) in [6.07, 6.45) is 1.20. The van der Waals surface area contributed by atoms with E-state index in [4.69, 9.17) is 0 Å². The van der Waals surface area contributed by atoms with Crippen molar-refractivity contribution in [3.05, 3.63) is 76.5 Å². The number of piperazine rings is 1. The van der Waals surface area contributed by atoms with Crippen molar-refractivity contribution >= 4 is 17.3 Å². The second-order valence-electron chi connectivity index (χ2n) is 12.2. The zero-order valence-corrected chi connectivity index (χ0v) is 24.0. The van der Waals surface area contributed by atoms with Crippen molar-refractivity contribution in [3.63, 3.8) is 0 Å². The third-order valence-electron chi connectivity index (χ3n) is 8.39. The molecule has 214 valence electrons. The van der Waals surface area contributed by atoms with Gasteiger partial charge in [-0.2, -0.15) is 0 Å². The molecule has 1 amide bonds. The largest absolute Gasteiger partial charge is 0.369 e. The Bertz CT molecular complexity index is 1310. The summed E-state index contributed by atoms with van der Waals surface area (Å²) in [4.78, 5) is 33.4. The number of carbonyl (C=O) groups is 2. The van der Waals surface area contributed by atoms with Crippen LogP contribution >= 0.6 is 0 Å². The Hall–Kier alpha value is -3.10. The van der Waals surface area contributed by atoms with E-state index in [-0.39, 0.29) is 29.0 Å². The Morgan fingerprint density at radius 3 is 2.40 bits per heavy atom. The number of nitrogens with zero attached hydrogens (tertiary/aromatic N) is 3. The molecule has 2 fully saturated rings. The van der Waals surface area contributed by atoms with Gasteiger partial charge in [-0.05, 0) is 56.5 Å². The number of hydrogen-bond acceptors (Lipinski definition) is 5. The highest BCUT2D eigenvalue weighted by atomic mass is 19.1. The third-order valence-corrected chi connectivity index (χ3v) is 8.39. The van der Waals surface area contributed by atoms with Crippen molar-refractivity contribution in [3.8, 4) is 0 Å². The quantitative estimate of drug-likeness (QED) is 0.514. The Kier molecular flexibility index (Phi) is 8.11. The zero-order chi connectivity index (χ0) is 28.6. The number of hydrogen-bond donors (Lipinski definition) is 1. The Morgan fingerprint density at radius 1 is 1.07 bits per heavy atom. The molecule has 1 aliphatic carbocycles. The SMILES string of the molecule is CCCN1Cc2c(F)cccc2C(C(=O)N[C@H](c2cccc(F)c2)C2CC2=O)=C1CN1CCN(C(C)(C)C)CC1. The molecular formula is C32H40F2N4O2. The first-order valence-corrected chi connectivity index (χ1v) is 14.4. The van der Waals surface area contributed by atoms with Crippen LogP contribution in [0.15, 0.2) is 48.2 Å². The van der Waals surface area contributed by atoms with Crippen LogP contribution < -0.4 is 5.32 Å². The number of halogens is 2. The van der Waals surface area contributed by atoms with E-state index in [9.17, 15) is 14.0 Å². The van der Waals surface area contributed by atoms with E-state index in [2.05, 4.69) is 47.7 Å². The predicted molar refractivity (Wildman–Crippen MR) is 152 cm³/mol. The molecule has 2 aliphatic heterocycles. The first-order valence-electron chi connectivity index (χ1n) is 14.4. The van der Waals surface area contributed by atoms with Gasteiger partial charge in [0.2, 0.25) is 0 Å². The summed E-state index contributed by atoms with van der Waals surface area (Å²) in [5.74, 6) is -1.45. The second-order valence-corrected chi connectivity index (χ2v) is 12.2. The van der Waals surface area contributed by atoms with Crippen LogP contribution in [0.25, 0.3) is 5.57 Å². The molecular weight excluding hydrogens is 510 g/mol. The second kappa shape index (κ2) is 11.4. The van der Waals surface area contributed by atoms with Gasteiger partial charge in [0.05, 0.1) is 11.6 Å². The van der Waals surface area contributed by atoms with Gasteiger partial charge >= 0.3 is 0 Å². The predicted octanol–water partition coefficient (Wildman–Crippen LogP) is 4.76. The summed E-state index contributed by atoms with van der Waals surface area (Å²) in [5, 5.41) is 3.08. The number of ketones is 1. The standard InChI is InChI=1S/C32H40F2N4O2/c1-5-12-37-19-25-23(10-7-11-26(25)34)29(27(37)20-36-13-15-38(16-14-36)32(2,3)4)31(40)35-30(24-18-28(24)39)21-8-6-9-22(33)17-21/h6-11,17,24,30H,5,12-16,18-20H2,1-4H3,(H,35,40)/t24?,30-/m1/s1. The van der Waals surface area contributed by atoms with Crippen LogP contribution in [0.5, 0.6) is 0 Å². The average Bonchev–Trinajstić information content (AvgIpc) is 3.63. The molecule has 1 N–H and O–H groups in total. The molecule has 3 aliphatic rings. The molecule has 1 saturated carbocycles. The van der Waals surface area contributed by atoms with Gasteiger partial charge < -0.3 is 10.2 Å². The minimum Gasteiger partial charge on any atom is -0.369 e. The molecule has 0 radical (unpaired) electrons. The number of Topliss-reactive ketones (excluding diaryl/α,β-unsaturated/α-hetero) is 1. The number of nitrogens with one attached hydrogen (secondary N) is 1. The first-order chi connectivity index (χ1) is 19.1. The van der Waals surface area contributed by atoms with E-state index < -0.39 is 11.9 Å². The Balaban J connectivity index is 1.52. The van der Waals surface area contributed by atoms with E-state index in [1.165, 1.54) is 18.2 Å². The summed E-state index contributed by atoms with van der Waals surface area (Å²) in [7, 11) is 0. The Labute approximate surface area is 236 Å². The number of amides is 1. The van der Waals surface area contributed by atoms with Crippen LogP contribution in [0.2, 0.25) is 0 Å². The van der Waals surface area contributed by atoms with Crippen LogP contribution in [0.1, 0.15) is 63.3 Å². The van der Waals surface area contributed by atoms with Crippen LogP contribution in [-0.4, -0.2) is 71.2 Å². The van der Waals surface area contributed by atoms with Gasteiger partial charge in [-0.3, -0.25) is 19.4 Å². The third kappa shape index (κ3) is 5.98. The van der Waals surface area contributed by atoms with E-state index >= 15 is 4.39 Å². The summed E-state index contributed by atoms with van der Waals surface area (Å²) in [6.45, 7) is 14.0. The summed E-state index contributed by atoms with van der Waals surface area (Å²) in [5.41, 5.74) is 3.08. The fraction of sp³-hybridized carbons (Fsp3) is 0.500. The van der Waals surface area contributed by atoms with Crippen molar-refractivity contribution in [2.75, 3.05) is 39.3 Å². The molecule has 8 heteroatoms. The number of carbonyl (C=O) groups excluding carboxylic acids is 2. The number of fused-ring (bicyclic) bond motifs is 1. The highest BCUT2D eigenvalue weighted by molar-refractivity contribution is 6.21. The maximum absolute atomic E-state index is 15.1. The van der Waals surface area contributed by atoms with Crippen molar-refractivity contribution in [2.45, 2.75) is 58.7 Å². The molecule has 40 heavy (non-hydrogen) atoms. The first kappa shape index (κ1) is 28.4. The lowest BCUT2D eigenvalue weighted by Crippen LogP contribution is -2.54. The van der Waals surface area contributed by atoms with Gasteiger partial charge in [0.1, 0.15) is 17.4 Å². The lowest BCUT2D eigenvalue weighted by molar-refractivity contribution is -0.116. The number of benzene rings is 2. The fourth-order valence-corrected chi connectivity index (χ4v) is 6.05. The molecule has 2 atom stereocenters. The maximum atomic E-state index is 15.1. The van der Waals surface area contributed by atoms with Crippen LogP contribution in [0.4, 0.5) is 8.78 Å². The topological polar surface area (TPSA) is 55.9 Å². The monoisotopic (exact) mass is 550 g/mol. The van der Waals surface area contributed by atoms with Crippen molar-refractivity contribution in [1.82, 2.24) is 20.0 Å². The lowest BCUT2D eigenvalue weighted by atomic mass is 9.90. The van der Waals surface area contributed by atoms with E-state index in [1.807, 2.05) is 6.07 Å². The van der Waals surface area contributed by atoms with Crippen molar-refractivity contribution < 1.29 is 18.4 Å². The highest BCUT2D eigenvalue weighted by Gasteiger charge is 2.44. The van der Waals surface area contributed by atoms with Crippen LogP contribution in [0.3, 0.4) is 0 Å². The molecule has 0 bridgehead atoms. The minimum atomic E-state index is -0.640. The van der Waals surface area contributed by atoms with E-state index in [0.29, 0.717) is 48.3 Å². The van der Waals surface area contributed by atoms with Gasteiger partial charge in [0, 0.05) is 75.0 Å². The lowest BCUT2D eigenvalue weighted by Gasteiger charge is -2.44. The summed E-state index contributed by atoms with van der Waals surface area (Å²) >= 11 is 0. The molecule has 2 aromatic carbocycles. The molecule has 5 rings (SSSR count). The van der Waals surface area contributed by atoms with Crippen molar-refractivity contribution in [1.29, 1.82) is 0 Å². The molecule has 1 unspecified atom stereocenters.